The van der Waals surface area contributed by atoms with E-state index in [9.17, 15) is 4.79 Å². The first kappa shape index (κ1) is 17.3. The number of fused-ring (bicyclic) bond motifs is 5. The van der Waals surface area contributed by atoms with Crippen molar-refractivity contribution in [3.8, 4) is 12.3 Å². The molecule has 0 amide bonds. The molecule has 0 aromatic rings. The lowest BCUT2D eigenvalue weighted by Crippen LogP contribution is -2.53. The van der Waals surface area contributed by atoms with Crippen LogP contribution >= 0.6 is 0 Å². The average Bonchev–Trinajstić information content (AvgIpc) is 2.88. The minimum Gasteiger partial charge on any atom is -0.305 e. The molecule has 3 saturated carbocycles. The topological polar surface area (TPSA) is 20.3 Å². The molecule has 3 fully saturated rings. The van der Waals surface area contributed by atoms with Gasteiger partial charge in [-0.25, -0.2) is 0 Å². The smallest absolute Gasteiger partial charge is 0.155 e. The van der Waals surface area contributed by atoms with E-state index in [2.05, 4.69) is 38.8 Å². The van der Waals surface area contributed by atoms with Crippen molar-refractivity contribution in [3.63, 3.8) is 0 Å². The van der Waals surface area contributed by atoms with E-state index in [4.69, 9.17) is 6.42 Å². The van der Waals surface area contributed by atoms with Crippen molar-refractivity contribution in [2.75, 3.05) is 14.1 Å². The van der Waals surface area contributed by atoms with E-state index in [0.29, 0.717) is 23.2 Å². The van der Waals surface area contributed by atoms with Gasteiger partial charge >= 0.3 is 0 Å². The second-order valence-electron chi connectivity index (χ2n) is 9.93. The van der Waals surface area contributed by atoms with Crippen LogP contribution in [0.25, 0.3) is 0 Å². The maximum absolute atomic E-state index is 11.9. The number of carbonyl (C=O) groups is 1. The van der Waals surface area contributed by atoms with Gasteiger partial charge in [-0.3, -0.25) is 4.79 Å². The zero-order chi connectivity index (χ0) is 18.0. The van der Waals surface area contributed by atoms with Crippen LogP contribution in [0.2, 0.25) is 0 Å². The van der Waals surface area contributed by atoms with Crippen LogP contribution in [0.1, 0.15) is 58.8 Å². The maximum Gasteiger partial charge on any atom is 0.155 e. The quantitative estimate of drug-likeness (QED) is 0.664. The van der Waals surface area contributed by atoms with E-state index < -0.39 is 0 Å². The van der Waals surface area contributed by atoms with Crippen LogP contribution in [-0.2, 0) is 4.79 Å². The Bertz CT molecular complexity index is 655. The summed E-state index contributed by atoms with van der Waals surface area (Å²) >= 11 is 0. The van der Waals surface area contributed by atoms with E-state index in [0.717, 1.165) is 37.0 Å². The first-order valence-corrected chi connectivity index (χ1v) is 10.2. The molecule has 4 aliphatic carbocycles. The van der Waals surface area contributed by atoms with E-state index in [-0.39, 0.29) is 5.41 Å². The van der Waals surface area contributed by atoms with E-state index in [1.807, 2.05) is 6.08 Å². The molecule has 7 atom stereocenters. The van der Waals surface area contributed by atoms with Crippen molar-refractivity contribution >= 4 is 5.78 Å². The Balaban J connectivity index is 1.69. The molecule has 0 aliphatic heterocycles. The summed E-state index contributed by atoms with van der Waals surface area (Å²) in [6, 6.07) is 0.515. The monoisotopic (exact) mass is 339 g/mol. The van der Waals surface area contributed by atoms with Crippen LogP contribution in [-0.4, -0.2) is 30.8 Å². The van der Waals surface area contributed by atoms with Gasteiger partial charge in [0.15, 0.2) is 5.78 Å². The van der Waals surface area contributed by atoms with Gasteiger partial charge in [0.1, 0.15) is 0 Å². The molecule has 4 aliphatic rings. The van der Waals surface area contributed by atoms with Crippen molar-refractivity contribution in [2.24, 2.45) is 34.5 Å². The third-order valence-corrected chi connectivity index (χ3v) is 8.73. The zero-order valence-corrected chi connectivity index (χ0v) is 16.3. The lowest BCUT2D eigenvalue weighted by molar-refractivity contribution is -0.117. The van der Waals surface area contributed by atoms with Crippen LogP contribution < -0.4 is 0 Å². The van der Waals surface area contributed by atoms with Gasteiger partial charge in [0.25, 0.3) is 0 Å². The molecule has 0 spiro atoms. The lowest BCUT2D eigenvalue weighted by Gasteiger charge is -2.58. The standard InChI is InChI=1S/C23H33NO/c1-6-15-13-20-18-8-7-16-14-17(25)9-11-22(16,2)19(18)10-12-23(20,3)21(15)24(4)5/h1,14-15,18-21H,7-13H2,2-5H3/t15-,18+,19-,20-,21-,22-,23-/m0/s1. The fourth-order valence-electron chi connectivity index (χ4n) is 7.69. The molecule has 0 radical (unpaired) electrons. The Morgan fingerprint density at radius 2 is 1.92 bits per heavy atom. The van der Waals surface area contributed by atoms with Gasteiger partial charge in [-0.2, -0.15) is 0 Å². The summed E-state index contributed by atoms with van der Waals surface area (Å²) in [6.07, 6.45) is 16.0. The number of rotatable bonds is 1. The molecule has 4 rings (SSSR count). The summed E-state index contributed by atoms with van der Waals surface area (Å²) in [4.78, 5) is 14.4. The SMILES string of the molecule is C#C[C@H]1C[C@H]2[C@@H]3CCC4=CC(=O)CC[C@]4(C)[C@H]3CC[C@]2(C)[C@H]1N(C)C. The molecular formula is C23H33NO. The van der Waals surface area contributed by atoms with Crippen molar-refractivity contribution in [3.05, 3.63) is 11.6 Å². The Morgan fingerprint density at radius 3 is 2.60 bits per heavy atom. The fraction of sp³-hybridized carbons (Fsp3) is 0.783. The number of allylic oxidation sites excluding steroid dienone is 1. The molecule has 2 heteroatoms. The first-order valence-electron chi connectivity index (χ1n) is 10.2. The lowest BCUT2D eigenvalue weighted by atomic mass is 9.47. The third-order valence-electron chi connectivity index (χ3n) is 8.73. The van der Waals surface area contributed by atoms with Crippen molar-refractivity contribution in [2.45, 2.75) is 64.8 Å². The summed E-state index contributed by atoms with van der Waals surface area (Å²) in [5.41, 5.74) is 2.08. The number of terminal acetylenes is 1. The van der Waals surface area contributed by atoms with Crippen LogP contribution in [0, 0.1) is 46.8 Å². The highest BCUT2D eigenvalue weighted by atomic mass is 16.1. The van der Waals surface area contributed by atoms with Gasteiger partial charge in [-0.05, 0) is 87.3 Å². The molecule has 25 heavy (non-hydrogen) atoms. The van der Waals surface area contributed by atoms with E-state index in [1.54, 1.807) is 0 Å². The summed E-state index contributed by atoms with van der Waals surface area (Å²) in [6.45, 7) is 4.98. The fourth-order valence-corrected chi connectivity index (χ4v) is 7.69. The molecule has 0 aromatic heterocycles. The highest BCUT2D eigenvalue weighted by Crippen LogP contribution is 2.66. The largest absolute Gasteiger partial charge is 0.305 e. The molecule has 136 valence electrons. The minimum atomic E-state index is 0.264. The van der Waals surface area contributed by atoms with Crippen molar-refractivity contribution < 1.29 is 4.79 Å². The molecule has 0 bridgehead atoms. The second-order valence-corrected chi connectivity index (χ2v) is 9.93. The van der Waals surface area contributed by atoms with Gasteiger partial charge in [-0.1, -0.05) is 19.4 Å². The third kappa shape index (κ3) is 2.31. The Morgan fingerprint density at radius 1 is 1.16 bits per heavy atom. The Labute approximate surface area is 153 Å². The Hall–Kier alpha value is -1.07. The van der Waals surface area contributed by atoms with Gasteiger partial charge < -0.3 is 4.90 Å². The number of ketones is 1. The summed E-state index contributed by atoms with van der Waals surface area (Å²) in [7, 11) is 4.43. The number of carbonyl (C=O) groups excluding carboxylic acids is 1. The number of nitrogens with zero attached hydrogens (tertiary/aromatic N) is 1. The normalized spacial score (nSPS) is 49.0. The van der Waals surface area contributed by atoms with E-state index in [1.165, 1.54) is 31.3 Å². The minimum absolute atomic E-state index is 0.264. The molecular weight excluding hydrogens is 306 g/mol. The number of hydrogen-bond donors (Lipinski definition) is 0. The Kier molecular flexibility index (Phi) is 3.97. The predicted molar refractivity (Wildman–Crippen MR) is 102 cm³/mol. The summed E-state index contributed by atoms with van der Waals surface area (Å²) in [5, 5.41) is 0. The molecule has 0 saturated heterocycles. The molecule has 2 nitrogen and oxygen atoms in total. The van der Waals surface area contributed by atoms with E-state index >= 15 is 0 Å². The van der Waals surface area contributed by atoms with Gasteiger partial charge in [0.2, 0.25) is 0 Å². The molecule has 0 heterocycles. The van der Waals surface area contributed by atoms with Gasteiger partial charge in [-0.15, -0.1) is 12.3 Å². The molecule has 0 N–H and O–H groups in total. The van der Waals surface area contributed by atoms with Crippen LogP contribution in [0.4, 0.5) is 0 Å². The highest BCUT2D eigenvalue weighted by Gasteiger charge is 2.61. The zero-order valence-electron chi connectivity index (χ0n) is 16.3. The van der Waals surface area contributed by atoms with Crippen LogP contribution in [0.5, 0.6) is 0 Å². The average molecular weight is 340 g/mol. The highest BCUT2D eigenvalue weighted by molar-refractivity contribution is 5.91. The van der Waals surface area contributed by atoms with Crippen LogP contribution in [0.15, 0.2) is 11.6 Å². The van der Waals surface area contributed by atoms with Crippen molar-refractivity contribution in [1.82, 2.24) is 4.90 Å². The van der Waals surface area contributed by atoms with Gasteiger partial charge in [0.05, 0.1) is 0 Å². The summed E-state index contributed by atoms with van der Waals surface area (Å²) in [5.74, 6) is 6.17. The van der Waals surface area contributed by atoms with Crippen LogP contribution in [0.3, 0.4) is 0 Å². The molecule has 0 aromatic carbocycles. The molecule has 0 unspecified atom stereocenters. The van der Waals surface area contributed by atoms with Gasteiger partial charge in [0, 0.05) is 18.4 Å². The first-order chi connectivity index (χ1) is 11.8. The predicted octanol–water partition coefficient (Wildman–Crippen LogP) is 4.31. The maximum atomic E-state index is 11.9. The van der Waals surface area contributed by atoms with Crippen molar-refractivity contribution in [1.29, 1.82) is 0 Å². The number of hydrogen-bond acceptors (Lipinski definition) is 2. The summed E-state index contributed by atoms with van der Waals surface area (Å²) < 4.78 is 0. The second kappa shape index (κ2) is 5.71.